The van der Waals surface area contributed by atoms with Gasteiger partial charge in [0.25, 0.3) is 15.7 Å². The summed E-state index contributed by atoms with van der Waals surface area (Å²) in [6.07, 6.45) is 6.62. The number of imide groups is 1. The zero-order chi connectivity index (χ0) is 23.8. The minimum Gasteiger partial charge on any atom is -0.370 e. The van der Waals surface area contributed by atoms with Crippen LogP contribution in [0.4, 0.5) is 29.3 Å². The number of hydrogen-bond donors (Lipinski definition) is 0. The van der Waals surface area contributed by atoms with Crippen molar-refractivity contribution in [1.82, 2.24) is 9.88 Å². The molecule has 0 unspecified atom stereocenters. The first-order valence-corrected chi connectivity index (χ1v) is 11.8. The molecular weight excluding hydrogens is 461 g/mol. The minimum atomic E-state index is -5.52. The Labute approximate surface area is 188 Å². The lowest BCUT2D eigenvalue weighted by atomic mass is 10.1. The average Bonchev–Trinajstić information content (AvgIpc) is 3.07. The van der Waals surface area contributed by atoms with Crippen molar-refractivity contribution in [3.63, 3.8) is 0 Å². The molecular formula is C21H21F3N4O4S. The number of halogens is 3. The molecule has 2 fully saturated rings. The fraction of sp³-hybridized carbons (Fsp3) is 0.381. The number of benzene rings is 1. The summed E-state index contributed by atoms with van der Waals surface area (Å²) in [4.78, 5) is 33.1. The molecule has 1 aromatic carbocycles. The SMILES string of the molecule is O=C1CN(Cc2ccncc2N2CCCCC2)C(=O)N1c1ccc(S(=O)(=O)C(F)(F)F)cc1. The van der Waals surface area contributed by atoms with Crippen molar-refractivity contribution in [3.05, 3.63) is 48.3 Å². The summed E-state index contributed by atoms with van der Waals surface area (Å²) in [5.41, 5.74) is -3.71. The molecule has 0 bridgehead atoms. The number of rotatable bonds is 5. The van der Waals surface area contributed by atoms with E-state index in [2.05, 4.69) is 9.88 Å². The summed E-state index contributed by atoms with van der Waals surface area (Å²) < 4.78 is 61.3. The van der Waals surface area contributed by atoms with Gasteiger partial charge in [-0.15, -0.1) is 0 Å². The maximum atomic E-state index is 13.0. The van der Waals surface area contributed by atoms with Gasteiger partial charge in [0.15, 0.2) is 0 Å². The largest absolute Gasteiger partial charge is 0.501 e. The monoisotopic (exact) mass is 482 g/mol. The average molecular weight is 482 g/mol. The Balaban J connectivity index is 1.54. The number of urea groups is 1. The highest BCUT2D eigenvalue weighted by Gasteiger charge is 2.47. The molecule has 1 aromatic heterocycles. The second kappa shape index (κ2) is 8.65. The summed E-state index contributed by atoms with van der Waals surface area (Å²) >= 11 is 0. The number of pyridine rings is 1. The van der Waals surface area contributed by atoms with E-state index in [1.54, 1.807) is 18.5 Å². The lowest BCUT2D eigenvalue weighted by Gasteiger charge is -2.31. The molecule has 2 aliphatic heterocycles. The molecule has 0 spiro atoms. The van der Waals surface area contributed by atoms with Crippen LogP contribution < -0.4 is 9.80 Å². The Bertz CT molecular complexity index is 1160. The highest BCUT2D eigenvalue weighted by Crippen LogP contribution is 2.32. The zero-order valence-corrected chi connectivity index (χ0v) is 18.3. The second-order valence-electron chi connectivity index (χ2n) is 7.86. The van der Waals surface area contributed by atoms with Crippen molar-refractivity contribution in [2.75, 3.05) is 29.4 Å². The normalized spacial score (nSPS) is 17.7. The van der Waals surface area contributed by atoms with E-state index >= 15 is 0 Å². The zero-order valence-electron chi connectivity index (χ0n) is 17.5. The summed E-state index contributed by atoms with van der Waals surface area (Å²) in [7, 11) is -5.52. The van der Waals surface area contributed by atoms with Gasteiger partial charge >= 0.3 is 11.5 Å². The predicted molar refractivity (Wildman–Crippen MR) is 113 cm³/mol. The molecule has 12 heteroatoms. The third-order valence-electron chi connectivity index (χ3n) is 5.69. The van der Waals surface area contributed by atoms with Crippen LogP contribution in [0.1, 0.15) is 24.8 Å². The van der Waals surface area contributed by atoms with E-state index in [0.29, 0.717) is 0 Å². The van der Waals surface area contributed by atoms with Gasteiger partial charge in [0.1, 0.15) is 6.54 Å². The number of carbonyl (C=O) groups is 2. The topological polar surface area (TPSA) is 90.9 Å². The molecule has 0 atom stereocenters. The van der Waals surface area contributed by atoms with Crippen LogP contribution in [0.25, 0.3) is 0 Å². The maximum Gasteiger partial charge on any atom is 0.501 e. The standard InChI is InChI=1S/C21H21F3N4O4S/c22-21(23,24)33(31,32)17-6-4-16(5-7-17)28-19(29)14-27(20(28)30)13-15-8-9-25-12-18(15)26-10-2-1-3-11-26/h4-9,12H,1-3,10-11,13-14H2. The van der Waals surface area contributed by atoms with Crippen LogP contribution in [-0.4, -0.2) is 55.4 Å². The van der Waals surface area contributed by atoms with Crippen molar-refractivity contribution in [2.45, 2.75) is 36.2 Å². The quantitative estimate of drug-likeness (QED) is 0.608. The number of aromatic nitrogens is 1. The number of sulfone groups is 1. The molecule has 0 radical (unpaired) electrons. The molecule has 0 saturated carbocycles. The van der Waals surface area contributed by atoms with E-state index in [9.17, 15) is 31.2 Å². The van der Waals surface area contributed by atoms with Crippen molar-refractivity contribution in [3.8, 4) is 0 Å². The van der Waals surface area contributed by atoms with Crippen LogP contribution in [0.3, 0.4) is 0 Å². The summed E-state index contributed by atoms with van der Waals surface area (Å²) in [5, 5.41) is 0. The Kier molecular flexibility index (Phi) is 6.04. The van der Waals surface area contributed by atoms with E-state index in [-0.39, 0.29) is 18.8 Å². The van der Waals surface area contributed by atoms with Gasteiger partial charge in [0.05, 0.1) is 29.0 Å². The first-order valence-electron chi connectivity index (χ1n) is 10.3. The number of anilines is 2. The highest BCUT2D eigenvalue weighted by atomic mass is 32.2. The number of alkyl halides is 3. The van der Waals surface area contributed by atoms with Gasteiger partial charge < -0.3 is 9.80 Å². The lowest BCUT2D eigenvalue weighted by Crippen LogP contribution is -2.34. The van der Waals surface area contributed by atoms with E-state index in [1.807, 2.05) is 0 Å². The molecule has 33 heavy (non-hydrogen) atoms. The van der Waals surface area contributed by atoms with Gasteiger partial charge in [-0.25, -0.2) is 18.1 Å². The van der Waals surface area contributed by atoms with Crippen LogP contribution in [-0.2, 0) is 21.2 Å². The molecule has 3 amide bonds. The Morgan fingerprint density at radius 1 is 0.970 bits per heavy atom. The number of carbonyl (C=O) groups excluding carboxylic acids is 2. The van der Waals surface area contributed by atoms with Crippen molar-refractivity contribution < 1.29 is 31.2 Å². The van der Waals surface area contributed by atoms with Crippen LogP contribution in [0.5, 0.6) is 0 Å². The van der Waals surface area contributed by atoms with Crippen molar-refractivity contribution in [1.29, 1.82) is 0 Å². The smallest absolute Gasteiger partial charge is 0.370 e. The van der Waals surface area contributed by atoms with Crippen molar-refractivity contribution in [2.24, 2.45) is 0 Å². The summed E-state index contributed by atoms with van der Waals surface area (Å²) in [6.45, 7) is 1.72. The first kappa shape index (κ1) is 23.0. The third-order valence-corrected chi connectivity index (χ3v) is 7.20. The predicted octanol–water partition coefficient (Wildman–Crippen LogP) is 3.33. The number of amides is 3. The van der Waals surface area contributed by atoms with E-state index < -0.39 is 32.2 Å². The number of nitrogens with zero attached hydrogens (tertiary/aromatic N) is 4. The van der Waals surface area contributed by atoms with Crippen LogP contribution in [0.15, 0.2) is 47.6 Å². The number of hydrogen-bond acceptors (Lipinski definition) is 6. The molecule has 2 aliphatic rings. The molecule has 176 valence electrons. The van der Waals surface area contributed by atoms with Gasteiger partial charge in [-0.05, 0) is 55.2 Å². The Hall–Kier alpha value is -3.15. The maximum absolute atomic E-state index is 13.0. The van der Waals surface area contributed by atoms with E-state index in [1.165, 1.54) is 4.90 Å². The fourth-order valence-electron chi connectivity index (χ4n) is 4.01. The van der Waals surface area contributed by atoms with E-state index in [4.69, 9.17) is 0 Å². The minimum absolute atomic E-state index is 0.000364. The number of piperidine rings is 1. The molecule has 8 nitrogen and oxygen atoms in total. The molecule has 2 aromatic rings. The summed E-state index contributed by atoms with van der Waals surface area (Å²) in [6, 6.07) is 4.67. The van der Waals surface area contributed by atoms with Gasteiger partial charge in [-0.2, -0.15) is 13.2 Å². The van der Waals surface area contributed by atoms with Gasteiger partial charge in [0, 0.05) is 19.3 Å². The molecule has 4 rings (SSSR count). The van der Waals surface area contributed by atoms with Gasteiger partial charge in [-0.1, -0.05) is 0 Å². The van der Waals surface area contributed by atoms with Gasteiger partial charge in [-0.3, -0.25) is 9.78 Å². The van der Waals surface area contributed by atoms with Crippen molar-refractivity contribution >= 4 is 33.2 Å². The lowest BCUT2D eigenvalue weighted by molar-refractivity contribution is -0.116. The Morgan fingerprint density at radius 3 is 2.27 bits per heavy atom. The van der Waals surface area contributed by atoms with E-state index in [0.717, 1.165) is 72.8 Å². The Morgan fingerprint density at radius 2 is 1.64 bits per heavy atom. The molecule has 3 heterocycles. The first-order chi connectivity index (χ1) is 15.6. The summed E-state index contributed by atoms with van der Waals surface area (Å²) in [5.74, 6) is -0.556. The third kappa shape index (κ3) is 4.39. The second-order valence-corrected chi connectivity index (χ2v) is 9.80. The van der Waals surface area contributed by atoms with Gasteiger partial charge in [0.2, 0.25) is 0 Å². The fourth-order valence-corrected chi connectivity index (χ4v) is 4.77. The van der Waals surface area contributed by atoms with Crippen LogP contribution >= 0.6 is 0 Å². The van der Waals surface area contributed by atoms with Crippen LogP contribution in [0.2, 0.25) is 0 Å². The molecule has 2 saturated heterocycles. The molecule has 0 N–H and O–H groups in total. The highest BCUT2D eigenvalue weighted by molar-refractivity contribution is 7.92. The van der Waals surface area contributed by atoms with Crippen LogP contribution in [0, 0.1) is 0 Å². The molecule has 0 aliphatic carbocycles.